The lowest BCUT2D eigenvalue weighted by molar-refractivity contribution is -0.0687. The van der Waals surface area contributed by atoms with Crippen LogP contribution in [0.5, 0.6) is 0 Å². The summed E-state index contributed by atoms with van der Waals surface area (Å²) >= 11 is 0. The maximum absolute atomic E-state index is 13.2. The fourth-order valence-electron chi connectivity index (χ4n) is 2.81. The summed E-state index contributed by atoms with van der Waals surface area (Å²) in [6.45, 7) is 16.5. The minimum absolute atomic E-state index is 0.0931. The van der Waals surface area contributed by atoms with E-state index in [1.165, 1.54) is 6.42 Å². The Morgan fingerprint density at radius 2 is 1.83 bits per heavy atom. The topological polar surface area (TPSA) is 12.5 Å². The Kier molecular flexibility index (Phi) is 8.07. The normalized spacial score (nSPS) is 19.2. The van der Waals surface area contributed by atoms with Crippen LogP contribution < -0.4 is 0 Å². The lowest BCUT2D eigenvalue weighted by Crippen LogP contribution is -2.31. The molecule has 0 saturated heterocycles. The number of rotatable bonds is 10. The molecule has 0 spiro atoms. The average molecular weight is 329 g/mol. The summed E-state index contributed by atoms with van der Waals surface area (Å²) in [5.41, 5.74) is 0.799. The van der Waals surface area contributed by atoms with Crippen LogP contribution in [0.25, 0.3) is 0 Å². The van der Waals surface area contributed by atoms with Crippen LogP contribution >= 0.6 is 0 Å². The second-order valence-corrected chi connectivity index (χ2v) is 6.83. The smallest absolute Gasteiger partial charge is 0.248 e. The predicted octanol–water partition coefficient (Wildman–Crippen LogP) is 5.76. The number of hydrogen-bond donors (Lipinski definition) is 0. The van der Waals surface area contributed by atoms with Gasteiger partial charge in [-0.2, -0.15) is 0 Å². The van der Waals surface area contributed by atoms with Gasteiger partial charge >= 0.3 is 0 Å². The highest BCUT2D eigenvalue weighted by Gasteiger charge is 2.36. The van der Waals surface area contributed by atoms with Crippen LogP contribution in [0.1, 0.15) is 65.7 Å². The van der Waals surface area contributed by atoms with Crippen molar-refractivity contribution in [2.75, 3.05) is 13.1 Å². The predicted molar refractivity (Wildman–Crippen MR) is 92.5 cm³/mol. The summed E-state index contributed by atoms with van der Waals surface area (Å²) in [4.78, 5) is 2.21. The monoisotopic (exact) mass is 329 g/mol. The molecule has 2 nitrogen and oxygen atoms in total. The minimum atomic E-state index is -2.53. The van der Waals surface area contributed by atoms with Crippen molar-refractivity contribution in [2.45, 2.75) is 77.7 Å². The summed E-state index contributed by atoms with van der Waals surface area (Å²) < 4.78 is 32.3. The number of hydrogen-bond acceptors (Lipinski definition) is 2. The highest BCUT2D eigenvalue weighted by molar-refractivity contribution is 5.18. The summed E-state index contributed by atoms with van der Waals surface area (Å²) in [6, 6.07) is 0. The van der Waals surface area contributed by atoms with Crippen molar-refractivity contribution in [3.05, 3.63) is 24.6 Å². The zero-order chi connectivity index (χ0) is 17.5. The highest BCUT2D eigenvalue weighted by atomic mass is 19.3. The molecule has 1 aliphatic rings. The van der Waals surface area contributed by atoms with Crippen LogP contribution in [0.15, 0.2) is 24.6 Å². The maximum Gasteiger partial charge on any atom is 0.248 e. The van der Waals surface area contributed by atoms with E-state index in [1.54, 1.807) is 0 Å². The molecular weight excluding hydrogens is 296 g/mol. The molecule has 1 saturated carbocycles. The molecule has 4 heteroatoms. The lowest BCUT2D eigenvalue weighted by Gasteiger charge is -2.32. The van der Waals surface area contributed by atoms with Gasteiger partial charge in [-0.3, -0.25) is 0 Å². The van der Waals surface area contributed by atoms with Crippen molar-refractivity contribution >= 4 is 0 Å². The van der Waals surface area contributed by atoms with Crippen molar-refractivity contribution < 1.29 is 13.5 Å². The Hall–Kier alpha value is -1.06. The van der Waals surface area contributed by atoms with Gasteiger partial charge in [-0.25, -0.2) is 8.78 Å². The third-order valence-corrected chi connectivity index (χ3v) is 4.76. The third kappa shape index (κ3) is 6.92. The van der Waals surface area contributed by atoms with Crippen LogP contribution in [0.2, 0.25) is 0 Å². The first-order valence-corrected chi connectivity index (χ1v) is 8.96. The molecule has 134 valence electrons. The zero-order valence-corrected chi connectivity index (χ0v) is 15.0. The first-order chi connectivity index (χ1) is 10.8. The Labute approximate surface area is 140 Å². The van der Waals surface area contributed by atoms with E-state index in [4.69, 9.17) is 4.74 Å². The van der Waals surface area contributed by atoms with Gasteiger partial charge in [0.25, 0.3) is 0 Å². The summed E-state index contributed by atoms with van der Waals surface area (Å²) in [7, 11) is 0. The summed E-state index contributed by atoms with van der Waals surface area (Å²) in [5.74, 6) is -1.31. The van der Waals surface area contributed by atoms with E-state index in [2.05, 4.69) is 38.8 Å². The molecule has 0 heterocycles. The van der Waals surface area contributed by atoms with Crippen molar-refractivity contribution in [1.82, 2.24) is 4.90 Å². The largest absolute Gasteiger partial charge is 0.489 e. The SMILES string of the molecule is C=C(OC1CCC(F)(F)CC1)C(=C)N(CCC)CCC(C)CC. The van der Waals surface area contributed by atoms with E-state index in [0.717, 1.165) is 31.6 Å². The van der Waals surface area contributed by atoms with Crippen LogP contribution in [-0.4, -0.2) is 30.0 Å². The zero-order valence-electron chi connectivity index (χ0n) is 15.0. The molecule has 0 N–H and O–H groups in total. The fourth-order valence-corrected chi connectivity index (χ4v) is 2.81. The number of halogens is 2. The molecule has 0 bridgehead atoms. The molecule has 0 amide bonds. The first-order valence-electron chi connectivity index (χ1n) is 8.96. The van der Waals surface area contributed by atoms with Gasteiger partial charge in [0, 0.05) is 25.9 Å². The summed E-state index contributed by atoms with van der Waals surface area (Å²) in [6.07, 6.45) is 3.74. The second-order valence-electron chi connectivity index (χ2n) is 6.83. The van der Waals surface area contributed by atoms with Gasteiger partial charge in [0.15, 0.2) is 0 Å². The van der Waals surface area contributed by atoms with Crippen LogP contribution in [0.4, 0.5) is 8.78 Å². The van der Waals surface area contributed by atoms with Gasteiger partial charge in [0.05, 0.1) is 11.8 Å². The van der Waals surface area contributed by atoms with Crippen LogP contribution in [0.3, 0.4) is 0 Å². The molecule has 23 heavy (non-hydrogen) atoms. The quantitative estimate of drug-likeness (QED) is 0.373. The van der Waals surface area contributed by atoms with Gasteiger partial charge in [0.1, 0.15) is 5.76 Å². The molecule has 1 atom stereocenters. The lowest BCUT2D eigenvalue weighted by atomic mass is 9.94. The Morgan fingerprint density at radius 1 is 1.22 bits per heavy atom. The van der Waals surface area contributed by atoms with Gasteiger partial charge in [-0.15, -0.1) is 0 Å². The van der Waals surface area contributed by atoms with Gasteiger partial charge < -0.3 is 9.64 Å². The highest BCUT2D eigenvalue weighted by Crippen LogP contribution is 2.35. The van der Waals surface area contributed by atoms with Gasteiger partial charge in [-0.05, 0) is 31.6 Å². The fraction of sp³-hybridized carbons (Fsp3) is 0.789. The molecule has 0 aromatic carbocycles. The second kappa shape index (κ2) is 9.29. The Morgan fingerprint density at radius 3 is 2.35 bits per heavy atom. The van der Waals surface area contributed by atoms with E-state index in [1.807, 2.05) is 0 Å². The van der Waals surface area contributed by atoms with Crippen molar-refractivity contribution in [3.8, 4) is 0 Å². The van der Waals surface area contributed by atoms with E-state index in [-0.39, 0.29) is 18.9 Å². The van der Waals surface area contributed by atoms with Crippen molar-refractivity contribution in [2.24, 2.45) is 5.92 Å². The van der Waals surface area contributed by atoms with E-state index in [0.29, 0.717) is 24.5 Å². The van der Waals surface area contributed by atoms with Gasteiger partial charge in [0.2, 0.25) is 5.92 Å². The van der Waals surface area contributed by atoms with Crippen LogP contribution in [-0.2, 0) is 4.74 Å². The molecule has 0 aromatic rings. The standard InChI is InChI=1S/C19H33F2NO/c1-6-13-22(14-10-15(3)7-2)16(4)17(5)23-18-8-11-19(20,21)12-9-18/h15,18H,4-14H2,1-3H3. The summed E-state index contributed by atoms with van der Waals surface area (Å²) in [5, 5.41) is 0. The molecular formula is C19H33F2NO. The maximum atomic E-state index is 13.2. The molecule has 1 unspecified atom stereocenters. The molecule has 0 aliphatic heterocycles. The van der Waals surface area contributed by atoms with Crippen molar-refractivity contribution in [1.29, 1.82) is 0 Å². The molecule has 0 radical (unpaired) electrons. The molecule has 1 aliphatic carbocycles. The number of ether oxygens (including phenoxy) is 1. The van der Waals surface area contributed by atoms with Gasteiger partial charge in [-0.1, -0.05) is 40.3 Å². The van der Waals surface area contributed by atoms with Crippen molar-refractivity contribution in [3.63, 3.8) is 0 Å². The Bertz CT molecular complexity index is 385. The molecule has 1 fully saturated rings. The minimum Gasteiger partial charge on any atom is -0.489 e. The third-order valence-electron chi connectivity index (χ3n) is 4.76. The number of nitrogens with zero attached hydrogens (tertiary/aromatic N) is 1. The Balaban J connectivity index is 2.49. The first kappa shape index (κ1) is 20.0. The van der Waals surface area contributed by atoms with E-state index in [9.17, 15) is 8.78 Å². The molecule has 1 rings (SSSR count). The van der Waals surface area contributed by atoms with E-state index < -0.39 is 5.92 Å². The average Bonchev–Trinajstić information content (AvgIpc) is 2.52. The van der Waals surface area contributed by atoms with Crippen LogP contribution in [0, 0.1) is 5.92 Å². The number of alkyl halides is 2. The molecule has 0 aromatic heterocycles. The van der Waals surface area contributed by atoms with E-state index >= 15 is 0 Å².